The highest BCUT2D eigenvalue weighted by atomic mass is 16.2. The minimum atomic E-state index is -0.131. The van der Waals surface area contributed by atoms with Crippen molar-refractivity contribution in [2.45, 2.75) is 20.3 Å². The molecule has 0 N–H and O–H groups in total. The second-order valence-electron chi connectivity index (χ2n) is 4.28. The summed E-state index contributed by atoms with van der Waals surface area (Å²) in [4.78, 5) is 17.7. The van der Waals surface area contributed by atoms with Crippen molar-refractivity contribution >= 4 is 17.8 Å². The molecule has 19 heavy (non-hydrogen) atoms. The van der Waals surface area contributed by atoms with E-state index in [-0.39, 0.29) is 5.91 Å². The summed E-state index contributed by atoms with van der Waals surface area (Å²) in [6.45, 7) is 7.77. The molecule has 0 saturated heterocycles. The first-order chi connectivity index (χ1) is 9.06. The first-order valence-corrected chi connectivity index (χ1v) is 6.28. The molecule has 3 heteroatoms. The Bertz CT molecular complexity index is 515. The molecular formula is C16H20N2O. The zero-order chi connectivity index (χ0) is 14.3. The third-order valence-corrected chi connectivity index (χ3v) is 2.62. The molecule has 0 heterocycles. The van der Waals surface area contributed by atoms with Crippen LogP contribution < -0.4 is 4.90 Å². The molecule has 0 bridgehead atoms. The molecule has 0 atom stereocenters. The van der Waals surface area contributed by atoms with Crippen LogP contribution in [0, 0.1) is 6.92 Å². The van der Waals surface area contributed by atoms with Crippen molar-refractivity contribution < 1.29 is 4.79 Å². The van der Waals surface area contributed by atoms with Crippen LogP contribution >= 0.6 is 0 Å². The van der Waals surface area contributed by atoms with Gasteiger partial charge in [0.25, 0.3) is 5.91 Å². The fraction of sp³-hybridized carbons (Fsp3) is 0.250. The minimum Gasteiger partial charge on any atom is -0.311 e. The Balaban J connectivity index is 2.74. The fourth-order valence-corrected chi connectivity index (χ4v) is 1.54. The Morgan fingerprint density at radius 1 is 1.47 bits per heavy atom. The number of hydrogen-bond donors (Lipinski definition) is 0. The lowest BCUT2D eigenvalue weighted by molar-refractivity contribution is -0.114. The molecule has 1 rings (SSSR count). The molecular weight excluding hydrogens is 236 g/mol. The molecule has 1 amide bonds. The van der Waals surface area contributed by atoms with Crippen LogP contribution in [-0.4, -0.2) is 19.2 Å². The van der Waals surface area contributed by atoms with Gasteiger partial charge in [-0.15, -0.1) is 0 Å². The van der Waals surface area contributed by atoms with Gasteiger partial charge in [-0.1, -0.05) is 25.6 Å². The van der Waals surface area contributed by atoms with E-state index in [4.69, 9.17) is 0 Å². The lowest BCUT2D eigenvalue weighted by Crippen LogP contribution is -2.26. The van der Waals surface area contributed by atoms with E-state index in [1.807, 2.05) is 38.1 Å². The van der Waals surface area contributed by atoms with Crippen LogP contribution in [0.25, 0.3) is 0 Å². The van der Waals surface area contributed by atoms with Gasteiger partial charge in [-0.3, -0.25) is 9.79 Å². The molecule has 0 radical (unpaired) electrons. The molecule has 1 aromatic carbocycles. The van der Waals surface area contributed by atoms with E-state index >= 15 is 0 Å². The van der Waals surface area contributed by atoms with E-state index in [1.165, 1.54) is 0 Å². The third-order valence-electron chi connectivity index (χ3n) is 2.62. The number of likely N-dealkylation sites (N-methyl/N-ethyl adjacent to an activating group) is 1. The number of carbonyl (C=O) groups is 1. The summed E-state index contributed by atoms with van der Waals surface area (Å²) in [6, 6.07) is 7.79. The maximum absolute atomic E-state index is 12.1. The molecule has 1 aromatic rings. The smallest absolute Gasteiger partial charge is 0.257 e. The van der Waals surface area contributed by atoms with E-state index in [9.17, 15) is 4.79 Å². The Labute approximate surface area is 115 Å². The highest BCUT2D eigenvalue weighted by Gasteiger charge is 2.12. The first-order valence-electron chi connectivity index (χ1n) is 6.28. The van der Waals surface area contributed by atoms with E-state index < -0.39 is 0 Å². The van der Waals surface area contributed by atoms with Crippen LogP contribution in [0.4, 0.5) is 5.69 Å². The number of aliphatic imine (C=N–C) groups is 1. The molecule has 0 aliphatic heterocycles. The maximum atomic E-state index is 12.1. The van der Waals surface area contributed by atoms with Gasteiger partial charge in [0.05, 0.1) is 0 Å². The van der Waals surface area contributed by atoms with Gasteiger partial charge in [-0.05, 0) is 37.1 Å². The average molecular weight is 256 g/mol. The number of aryl methyl sites for hydroxylation is 1. The molecule has 0 aliphatic carbocycles. The standard InChI is InChI=1S/C16H20N2O/c1-5-10-17-11-9-14(3)16(19)18(4)15-8-6-7-13(2)12-15/h6-12H,3,5H2,1-2,4H3/b11-9-,17-10-. The van der Waals surface area contributed by atoms with Crippen LogP contribution in [0.2, 0.25) is 0 Å². The molecule has 100 valence electrons. The summed E-state index contributed by atoms with van der Waals surface area (Å²) in [6.07, 6.45) is 5.86. The van der Waals surface area contributed by atoms with Gasteiger partial charge in [0.2, 0.25) is 0 Å². The number of carbonyl (C=O) groups excluding carboxylic acids is 1. The van der Waals surface area contributed by atoms with Crippen LogP contribution in [0.15, 0.2) is 53.7 Å². The van der Waals surface area contributed by atoms with Crippen LogP contribution in [0.1, 0.15) is 18.9 Å². The molecule has 0 saturated carbocycles. The highest BCUT2D eigenvalue weighted by molar-refractivity contribution is 6.06. The van der Waals surface area contributed by atoms with Crippen molar-refractivity contribution in [2.75, 3.05) is 11.9 Å². The van der Waals surface area contributed by atoms with Crippen molar-refractivity contribution in [2.24, 2.45) is 4.99 Å². The summed E-state index contributed by atoms with van der Waals surface area (Å²) < 4.78 is 0. The summed E-state index contributed by atoms with van der Waals surface area (Å²) in [5.74, 6) is -0.131. The molecule has 0 aromatic heterocycles. The topological polar surface area (TPSA) is 32.7 Å². The molecule has 0 aliphatic rings. The maximum Gasteiger partial charge on any atom is 0.257 e. The normalized spacial score (nSPS) is 11.1. The minimum absolute atomic E-state index is 0.131. The molecule has 3 nitrogen and oxygen atoms in total. The van der Waals surface area contributed by atoms with Crippen molar-refractivity contribution in [3.63, 3.8) is 0 Å². The van der Waals surface area contributed by atoms with E-state index in [0.29, 0.717) is 5.57 Å². The Morgan fingerprint density at radius 2 is 2.21 bits per heavy atom. The van der Waals surface area contributed by atoms with E-state index in [1.54, 1.807) is 30.4 Å². The number of anilines is 1. The predicted octanol–water partition coefficient (Wildman–Crippen LogP) is 3.51. The second-order valence-corrected chi connectivity index (χ2v) is 4.28. The van der Waals surface area contributed by atoms with Gasteiger partial charge in [-0.25, -0.2) is 0 Å². The summed E-state index contributed by atoms with van der Waals surface area (Å²) in [5, 5.41) is 0. The Kier molecular flexibility index (Phi) is 5.73. The van der Waals surface area contributed by atoms with Gasteiger partial charge in [0.15, 0.2) is 0 Å². The monoisotopic (exact) mass is 256 g/mol. The number of benzene rings is 1. The van der Waals surface area contributed by atoms with Gasteiger partial charge in [-0.2, -0.15) is 0 Å². The van der Waals surface area contributed by atoms with Crippen molar-refractivity contribution in [3.05, 3.63) is 54.3 Å². The first kappa shape index (κ1) is 14.9. The summed E-state index contributed by atoms with van der Waals surface area (Å²) >= 11 is 0. The Hall–Kier alpha value is -2.16. The Morgan fingerprint density at radius 3 is 2.84 bits per heavy atom. The second kappa shape index (κ2) is 7.31. The summed E-state index contributed by atoms with van der Waals surface area (Å²) in [7, 11) is 1.74. The van der Waals surface area contributed by atoms with E-state index in [0.717, 1.165) is 17.7 Å². The molecule has 0 unspecified atom stereocenters. The van der Waals surface area contributed by atoms with Gasteiger partial charge in [0, 0.05) is 30.7 Å². The average Bonchev–Trinajstić information content (AvgIpc) is 2.41. The lowest BCUT2D eigenvalue weighted by Gasteiger charge is -2.17. The predicted molar refractivity (Wildman–Crippen MR) is 81.7 cm³/mol. The van der Waals surface area contributed by atoms with Crippen molar-refractivity contribution in [3.8, 4) is 0 Å². The lowest BCUT2D eigenvalue weighted by atomic mass is 10.2. The van der Waals surface area contributed by atoms with Crippen LogP contribution in [0.3, 0.4) is 0 Å². The largest absolute Gasteiger partial charge is 0.311 e. The highest BCUT2D eigenvalue weighted by Crippen LogP contribution is 2.16. The zero-order valence-electron chi connectivity index (χ0n) is 11.8. The quantitative estimate of drug-likeness (QED) is 0.451. The van der Waals surface area contributed by atoms with Crippen LogP contribution in [-0.2, 0) is 4.79 Å². The van der Waals surface area contributed by atoms with Gasteiger partial charge in [0.1, 0.15) is 0 Å². The number of rotatable bonds is 5. The fourth-order valence-electron chi connectivity index (χ4n) is 1.54. The molecule has 0 spiro atoms. The van der Waals surface area contributed by atoms with Gasteiger partial charge >= 0.3 is 0 Å². The summed E-state index contributed by atoms with van der Waals surface area (Å²) in [5.41, 5.74) is 2.39. The zero-order valence-corrected chi connectivity index (χ0v) is 11.8. The number of amides is 1. The van der Waals surface area contributed by atoms with Crippen molar-refractivity contribution in [1.29, 1.82) is 0 Å². The van der Waals surface area contributed by atoms with Gasteiger partial charge < -0.3 is 4.90 Å². The number of nitrogens with zero attached hydrogens (tertiary/aromatic N) is 2. The van der Waals surface area contributed by atoms with E-state index in [2.05, 4.69) is 11.6 Å². The molecule has 0 fully saturated rings. The third kappa shape index (κ3) is 4.54. The van der Waals surface area contributed by atoms with Crippen LogP contribution in [0.5, 0.6) is 0 Å². The number of hydrogen-bond acceptors (Lipinski definition) is 2. The van der Waals surface area contributed by atoms with Crippen molar-refractivity contribution in [1.82, 2.24) is 0 Å². The SMILES string of the molecule is C=C(/C=C\N=C/CC)C(=O)N(C)c1cccc(C)c1.